The lowest BCUT2D eigenvalue weighted by Crippen LogP contribution is -2.18. The maximum absolute atomic E-state index is 12.4. The number of ether oxygens (including phenoxy) is 1. The first-order chi connectivity index (χ1) is 9.89. The summed E-state index contributed by atoms with van der Waals surface area (Å²) in [6.45, 7) is 2.77. The number of nitrogens with zero attached hydrogens (tertiary/aromatic N) is 3. The molecule has 1 aromatic heterocycles. The third kappa shape index (κ3) is 4.35. The average Bonchev–Trinajstić information content (AvgIpc) is 2.83. The zero-order chi connectivity index (χ0) is 15.5. The van der Waals surface area contributed by atoms with Crippen LogP contribution in [-0.2, 0) is 13.1 Å². The van der Waals surface area contributed by atoms with Gasteiger partial charge >= 0.3 is 6.36 Å². The van der Waals surface area contributed by atoms with E-state index in [-0.39, 0.29) is 18.0 Å². The van der Waals surface area contributed by atoms with Crippen LogP contribution in [0.4, 0.5) is 18.9 Å². The number of alkyl halides is 3. The van der Waals surface area contributed by atoms with E-state index in [0.717, 1.165) is 0 Å². The van der Waals surface area contributed by atoms with Crippen LogP contribution in [-0.4, -0.2) is 21.1 Å². The zero-order valence-electron chi connectivity index (χ0n) is 11.0. The molecule has 1 aromatic carbocycles. The van der Waals surface area contributed by atoms with Gasteiger partial charge in [-0.05, 0) is 25.1 Å². The fourth-order valence-corrected chi connectivity index (χ4v) is 2.05. The second-order valence-electron chi connectivity index (χ2n) is 4.03. The minimum absolute atomic E-state index is 0.223. The van der Waals surface area contributed by atoms with Gasteiger partial charge < -0.3 is 10.1 Å². The Kier molecular flexibility index (Phi) is 4.71. The van der Waals surface area contributed by atoms with Gasteiger partial charge in [-0.25, -0.2) is 9.67 Å². The number of aromatic nitrogens is 3. The van der Waals surface area contributed by atoms with Crippen molar-refractivity contribution in [3.05, 3.63) is 34.8 Å². The van der Waals surface area contributed by atoms with Crippen LogP contribution >= 0.6 is 15.9 Å². The summed E-state index contributed by atoms with van der Waals surface area (Å²) < 4.78 is 43.3. The van der Waals surface area contributed by atoms with Crippen LogP contribution in [0.2, 0.25) is 0 Å². The molecular formula is C12H12BrF3N4O. The molecule has 0 saturated heterocycles. The molecule has 1 heterocycles. The Labute approximate surface area is 127 Å². The number of nitrogens with one attached hydrogen (secondary N) is 1. The van der Waals surface area contributed by atoms with E-state index in [1.165, 1.54) is 18.5 Å². The molecule has 0 radical (unpaired) electrons. The first kappa shape index (κ1) is 15.6. The van der Waals surface area contributed by atoms with Crippen molar-refractivity contribution in [2.75, 3.05) is 5.32 Å². The number of rotatable bonds is 5. The summed E-state index contributed by atoms with van der Waals surface area (Å²) in [5.74, 6) is 0.317. The molecule has 114 valence electrons. The van der Waals surface area contributed by atoms with Crippen molar-refractivity contribution in [1.29, 1.82) is 0 Å². The Morgan fingerprint density at radius 2 is 2.14 bits per heavy atom. The lowest BCUT2D eigenvalue weighted by atomic mass is 10.3. The Morgan fingerprint density at radius 3 is 2.81 bits per heavy atom. The van der Waals surface area contributed by atoms with Gasteiger partial charge in [-0.15, -0.1) is 13.2 Å². The Bertz CT molecular complexity index is 615. The van der Waals surface area contributed by atoms with Crippen LogP contribution in [0.1, 0.15) is 12.7 Å². The molecule has 0 spiro atoms. The smallest absolute Gasteiger partial charge is 0.404 e. The predicted molar refractivity (Wildman–Crippen MR) is 73.8 cm³/mol. The van der Waals surface area contributed by atoms with Crippen molar-refractivity contribution < 1.29 is 17.9 Å². The van der Waals surface area contributed by atoms with Gasteiger partial charge in [0.25, 0.3) is 0 Å². The molecule has 0 atom stereocenters. The summed E-state index contributed by atoms with van der Waals surface area (Å²) in [7, 11) is 0. The highest BCUT2D eigenvalue weighted by Gasteiger charge is 2.32. The summed E-state index contributed by atoms with van der Waals surface area (Å²) in [5, 5.41) is 6.86. The standard InChI is InChI=1S/C12H12BrF3N4O/c1-2-20-11(18-7-19-20)6-17-9-4-3-8(13)5-10(9)21-12(14,15)16/h3-5,7,17H,2,6H2,1H3. The molecule has 2 aromatic rings. The molecule has 0 amide bonds. The quantitative estimate of drug-likeness (QED) is 0.880. The van der Waals surface area contributed by atoms with Crippen LogP contribution in [0.3, 0.4) is 0 Å². The van der Waals surface area contributed by atoms with E-state index in [9.17, 15) is 13.2 Å². The Hall–Kier alpha value is -1.77. The van der Waals surface area contributed by atoms with E-state index >= 15 is 0 Å². The highest BCUT2D eigenvalue weighted by molar-refractivity contribution is 9.10. The first-order valence-corrected chi connectivity index (χ1v) is 6.84. The van der Waals surface area contributed by atoms with Crippen molar-refractivity contribution in [1.82, 2.24) is 14.8 Å². The van der Waals surface area contributed by atoms with Gasteiger partial charge in [0.15, 0.2) is 5.75 Å². The third-order valence-corrected chi connectivity index (χ3v) is 3.09. The van der Waals surface area contributed by atoms with Crippen LogP contribution in [0.5, 0.6) is 5.75 Å². The fourth-order valence-electron chi connectivity index (χ4n) is 1.71. The normalized spacial score (nSPS) is 11.5. The lowest BCUT2D eigenvalue weighted by Gasteiger charge is -2.15. The summed E-state index contributed by atoms with van der Waals surface area (Å²) in [6.07, 6.45) is -3.35. The second-order valence-corrected chi connectivity index (χ2v) is 4.95. The molecule has 5 nitrogen and oxygen atoms in total. The Balaban J connectivity index is 2.16. The highest BCUT2D eigenvalue weighted by Crippen LogP contribution is 2.33. The molecule has 0 aliphatic heterocycles. The van der Waals surface area contributed by atoms with Crippen molar-refractivity contribution in [2.45, 2.75) is 26.4 Å². The van der Waals surface area contributed by atoms with Crippen LogP contribution < -0.4 is 10.1 Å². The summed E-state index contributed by atoms with van der Waals surface area (Å²) >= 11 is 3.11. The van der Waals surface area contributed by atoms with Crippen LogP contribution in [0, 0.1) is 0 Å². The predicted octanol–water partition coefficient (Wildman–Crippen LogP) is 3.57. The number of aryl methyl sites for hydroxylation is 1. The molecular weight excluding hydrogens is 353 g/mol. The van der Waals surface area contributed by atoms with Crippen molar-refractivity contribution in [3.63, 3.8) is 0 Å². The highest BCUT2D eigenvalue weighted by atomic mass is 79.9. The van der Waals surface area contributed by atoms with E-state index < -0.39 is 6.36 Å². The minimum Gasteiger partial charge on any atom is -0.404 e. The van der Waals surface area contributed by atoms with Gasteiger partial charge in [-0.1, -0.05) is 15.9 Å². The molecule has 1 N–H and O–H groups in total. The average molecular weight is 365 g/mol. The van der Waals surface area contributed by atoms with Gasteiger partial charge in [-0.3, -0.25) is 0 Å². The maximum atomic E-state index is 12.4. The van der Waals surface area contributed by atoms with Crippen molar-refractivity contribution >= 4 is 21.6 Å². The topological polar surface area (TPSA) is 52.0 Å². The summed E-state index contributed by atoms with van der Waals surface area (Å²) in [5.41, 5.74) is 0.223. The number of anilines is 1. The van der Waals surface area contributed by atoms with E-state index in [1.807, 2.05) is 6.92 Å². The fraction of sp³-hybridized carbons (Fsp3) is 0.333. The zero-order valence-corrected chi connectivity index (χ0v) is 12.6. The van der Waals surface area contributed by atoms with Crippen LogP contribution in [0.25, 0.3) is 0 Å². The molecule has 0 fully saturated rings. The van der Waals surface area contributed by atoms with E-state index in [4.69, 9.17) is 0 Å². The number of benzene rings is 1. The molecule has 0 unspecified atom stereocenters. The SMILES string of the molecule is CCn1ncnc1CNc1ccc(Br)cc1OC(F)(F)F. The Morgan fingerprint density at radius 1 is 1.38 bits per heavy atom. The number of hydrogen-bond donors (Lipinski definition) is 1. The second kappa shape index (κ2) is 6.33. The molecule has 21 heavy (non-hydrogen) atoms. The molecule has 2 rings (SSSR count). The first-order valence-electron chi connectivity index (χ1n) is 6.05. The molecule has 0 aliphatic rings. The maximum Gasteiger partial charge on any atom is 0.573 e. The third-order valence-electron chi connectivity index (χ3n) is 2.60. The minimum atomic E-state index is -4.75. The molecule has 9 heteroatoms. The van der Waals surface area contributed by atoms with Gasteiger partial charge in [0, 0.05) is 11.0 Å². The number of halogens is 4. The molecule has 0 bridgehead atoms. The summed E-state index contributed by atoms with van der Waals surface area (Å²) in [4.78, 5) is 4.04. The van der Waals surface area contributed by atoms with E-state index in [0.29, 0.717) is 16.8 Å². The van der Waals surface area contributed by atoms with E-state index in [1.54, 1.807) is 10.7 Å². The van der Waals surface area contributed by atoms with Crippen molar-refractivity contribution in [3.8, 4) is 5.75 Å². The lowest BCUT2D eigenvalue weighted by molar-refractivity contribution is -0.274. The monoisotopic (exact) mass is 364 g/mol. The van der Waals surface area contributed by atoms with Crippen LogP contribution in [0.15, 0.2) is 29.0 Å². The van der Waals surface area contributed by atoms with Gasteiger partial charge in [0.2, 0.25) is 0 Å². The summed E-state index contributed by atoms with van der Waals surface area (Å²) in [6, 6.07) is 4.37. The molecule has 0 aliphatic carbocycles. The van der Waals surface area contributed by atoms with Gasteiger partial charge in [0.05, 0.1) is 12.2 Å². The van der Waals surface area contributed by atoms with Crippen molar-refractivity contribution in [2.24, 2.45) is 0 Å². The molecule has 0 saturated carbocycles. The van der Waals surface area contributed by atoms with E-state index in [2.05, 4.69) is 36.1 Å². The number of hydrogen-bond acceptors (Lipinski definition) is 4. The van der Waals surface area contributed by atoms with Gasteiger partial charge in [-0.2, -0.15) is 5.10 Å². The van der Waals surface area contributed by atoms with Gasteiger partial charge in [0.1, 0.15) is 12.2 Å². The largest absolute Gasteiger partial charge is 0.573 e.